The van der Waals surface area contributed by atoms with Gasteiger partial charge < -0.3 is 5.32 Å². The maximum absolute atomic E-state index is 3.47. The Labute approximate surface area is 69.9 Å². The van der Waals surface area contributed by atoms with Gasteiger partial charge in [0.15, 0.2) is 0 Å². The van der Waals surface area contributed by atoms with Gasteiger partial charge in [-0.2, -0.15) is 0 Å². The van der Waals surface area contributed by atoms with Crippen molar-refractivity contribution in [3.8, 4) is 0 Å². The van der Waals surface area contributed by atoms with Gasteiger partial charge in [-0.05, 0) is 26.2 Å². The number of hydrogen-bond donors (Lipinski definition) is 1. The Morgan fingerprint density at radius 1 is 1.55 bits per heavy atom. The predicted octanol–water partition coefficient (Wildman–Crippen LogP) is 2.48. The third-order valence-corrected chi connectivity index (χ3v) is 2.08. The summed E-state index contributed by atoms with van der Waals surface area (Å²) < 4.78 is 0. The third-order valence-electron chi connectivity index (χ3n) is 2.08. The van der Waals surface area contributed by atoms with E-state index in [0.717, 1.165) is 12.6 Å². The Morgan fingerprint density at radius 3 is 2.82 bits per heavy atom. The zero-order valence-corrected chi connectivity index (χ0v) is 7.69. The van der Waals surface area contributed by atoms with E-state index >= 15 is 0 Å². The summed E-state index contributed by atoms with van der Waals surface area (Å²) in [5, 5.41) is 3.47. The van der Waals surface area contributed by atoms with E-state index in [1.54, 1.807) is 0 Å². The van der Waals surface area contributed by atoms with Gasteiger partial charge in [0.25, 0.3) is 0 Å². The first kappa shape index (κ1) is 8.79. The van der Waals surface area contributed by atoms with Crippen molar-refractivity contribution in [3.05, 3.63) is 11.6 Å². The average molecular weight is 153 g/mol. The first-order chi connectivity index (χ1) is 5.33. The number of hydrogen-bond acceptors (Lipinski definition) is 1. The van der Waals surface area contributed by atoms with E-state index in [-0.39, 0.29) is 0 Å². The number of rotatable bonds is 5. The van der Waals surface area contributed by atoms with Crippen LogP contribution in [0.3, 0.4) is 0 Å². The fourth-order valence-corrected chi connectivity index (χ4v) is 1.18. The normalized spacial score (nSPS) is 18.9. The van der Waals surface area contributed by atoms with Crippen molar-refractivity contribution >= 4 is 0 Å². The maximum Gasteiger partial charge on any atom is 0.0140 e. The lowest BCUT2D eigenvalue weighted by Gasteiger charge is -1.99. The predicted molar refractivity (Wildman–Crippen MR) is 49.7 cm³/mol. The molecular formula is C10H19N. The van der Waals surface area contributed by atoms with Gasteiger partial charge in [-0.15, -0.1) is 0 Å². The van der Waals surface area contributed by atoms with Crippen LogP contribution in [0, 0.1) is 0 Å². The van der Waals surface area contributed by atoms with Crippen LogP contribution in [0.2, 0.25) is 0 Å². The van der Waals surface area contributed by atoms with Crippen LogP contribution < -0.4 is 5.32 Å². The SMILES string of the molecule is CCCC(C)=CCNC1CC1. The Morgan fingerprint density at radius 2 is 2.27 bits per heavy atom. The summed E-state index contributed by atoms with van der Waals surface area (Å²) in [6, 6.07) is 0.848. The van der Waals surface area contributed by atoms with Crippen molar-refractivity contribution in [2.45, 2.75) is 45.6 Å². The fraction of sp³-hybridized carbons (Fsp3) is 0.800. The summed E-state index contributed by atoms with van der Waals surface area (Å²) in [5.74, 6) is 0. The highest BCUT2D eigenvalue weighted by Gasteiger charge is 2.18. The molecule has 1 nitrogen and oxygen atoms in total. The van der Waals surface area contributed by atoms with Gasteiger partial charge in [0, 0.05) is 12.6 Å². The lowest BCUT2D eigenvalue weighted by Crippen LogP contribution is -2.15. The minimum Gasteiger partial charge on any atom is -0.311 e. The summed E-state index contributed by atoms with van der Waals surface area (Å²) in [4.78, 5) is 0. The van der Waals surface area contributed by atoms with Gasteiger partial charge in [0.05, 0.1) is 0 Å². The Hall–Kier alpha value is -0.300. The van der Waals surface area contributed by atoms with Crippen LogP contribution in [0.4, 0.5) is 0 Å². The highest BCUT2D eigenvalue weighted by Crippen LogP contribution is 2.18. The molecule has 0 spiro atoms. The standard InChI is InChI=1S/C10H19N/c1-3-4-9(2)7-8-11-10-5-6-10/h7,10-11H,3-6,8H2,1-2H3. The van der Waals surface area contributed by atoms with Gasteiger partial charge in [0.1, 0.15) is 0 Å². The van der Waals surface area contributed by atoms with Crippen molar-refractivity contribution < 1.29 is 0 Å². The minimum absolute atomic E-state index is 0.848. The highest BCUT2D eigenvalue weighted by molar-refractivity contribution is 4.99. The van der Waals surface area contributed by atoms with E-state index < -0.39 is 0 Å². The molecule has 1 saturated carbocycles. The van der Waals surface area contributed by atoms with E-state index in [9.17, 15) is 0 Å². The van der Waals surface area contributed by atoms with Crippen molar-refractivity contribution in [1.29, 1.82) is 0 Å². The fourth-order valence-electron chi connectivity index (χ4n) is 1.18. The number of allylic oxidation sites excluding steroid dienone is 1. The van der Waals surface area contributed by atoms with Gasteiger partial charge in [-0.1, -0.05) is 25.0 Å². The first-order valence-corrected chi connectivity index (χ1v) is 4.72. The molecule has 0 radical (unpaired) electrons. The van der Waals surface area contributed by atoms with E-state index in [2.05, 4.69) is 25.2 Å². The zero-order valence-electron chi connectivity index (χ0n) is 7.69. The second-order valence-corrected chi connectivity index (χ2v) is 3.48. The quantitative estimate of drug-likeness (QED) is 0.598. The van der Waals surface area contributed by atoms with Crippen LogP contribution in [0.15, 0.2) is 11.6 Å². The lowest BCUT2D eigenvalue weighted by atomic mass is 10.2. The lowest BCUT2D eigenvalue weighted by molar-refractivity contribution is 0.746. The molecule has 64 valence electrons. The second kappa shape index (κ2) is 4.55. The molecule has 0 unspecified atom stereocenters. The van der Waals surface area contributed by atoms with Gasteiger partial charge in [-0.25, -0.2) is 0 Å². The monoisotopic (exact) mass is 153 g/mol. The van der Waals surface area contributed by atoms with Crippen LogP contribution in [0.1, 0.15) is 39.5 Å². The van der Waals surface area contributed by atoms with Crippen molar-refractivity contribution in [1.82, 2.24) is 5.32 Å². The molecular weight excluding hydrogens is 134 g/mol. The largest absolute Gasteiger partial charge is 0.311 e. The molecule has 0 bridgehead atoms. The second-order valence-electron chi connectivity index (χ2n) is 3.48. The summed E-state index contributed by atoms with van der Waals surface area (Å²) in [5.41, 5.74) is 1.53. The smallest absolute Gasteiger partial charge is 0.0140 e. The molecule has 0 aromatic heterocycles. The van der Waals surface area contributed by atoms with Crippen LogP contribution in [-0.2, 0) is 0 Å². The molecule has 0 aliphatic heterocycles. The van der Waals surface area contributed by atoms with Gasteiger partial charge in [0.2, 0.25) is 0 Å². The zero-order chi connectivity index (χ0) is 8.10. The molecule has 0 aromatic rings. The molecule has 11 heavy (non-hydrogen) atoms. The molecule has 1 heteroatoms. The van der Waals surface area contributed by atoms with Gasteiger partial charge in [-0.3, -0.25) is 0 Å². The minimum atomic E-state index is 0.848. The molecule has 1 fully saturated rings. The van der Waals surface area contributed by atoms with Crippen LogP contribution >= 0.6 is 0 Å². The molecule has 1 aliphatic rings. The molecule has 0 atom stereocenters. The van der Waals surface area contributed by atoms with E-state index in [4.69, 9.17) is 0 Å². The molecule has 0 aromatic carbocycles. The highest BCUT2D eigenvalue weighted by atomic mass is 14.9. The number of nitrogens with one attached hydrogen (secondary N) is 1. The summed E-state index contributed by atoms with van der Waals surface area (Å²) >= 11 is 0. The van der Waals surface area contributed by atoms with E-state index in [1.807, 2.05) is 0 Å². The Kier molecular flexibility index (Phi) is 3.64. The molecule has 1 N–H and O–H groups in total. The van der Waals surface area contributed by atoms with Crippen molar-refractivity contribution in [3.63, 3.8) is 0 Å². The Bertz CT molecular complexity index is 134. The van der Waals surface area contributed by atoms with Gasteiger partial charge >= 0.3 is 0 Å². The topological polar surface area (TPSA) is 12.0 Å². The average Bonchev–Trinajstić information content (AvgIpc) is 2.72. The molecule has 0 heterocycles. The molecule has 0 saturated heterocycles. The van der Waals surface area contributed by atoms with E-state index in [1.165, 1.54) is 31.3 Å². The van der Waals surface area contributed by atoms with Crippen LogP contribution in [-0.4, -0.2) is 12.6 Å². The summed E-state index contributed by atoms with van der Waals surface area (Å²) in [6.45, 7) is 5.53. The Balaban J connectivity index is 2.01. The molecule has 0 amide bonds. The van der Waals surface area contributed by atoms with Crippen molar-refractivity contribution in [2.24, 2.45) is 0 Å². The summed E-state index contributed by atoms with van der Waals surface area (Å²) in [7, 11) is 0. The maximum atomic E-state index is 3.47. The molecule has 1 aliphatic carbocycles. The molecule has 1 rings (SSSR count). The first-order valence-electron chi connectivity index (χ1n) is 4.72. The van der Waals surface area contributed by atoms with Crippen LogP contribution in [0.5, 0.6) is 0 Å². The van der Waals surface area contributed by atoms with E-state index in [0.29, 0.717) is 0 Å². The van der Waals surface area contributed by atoms with Crippen LogP contribution in [0.25, 0.3) is 0 Å². The van der Waals surface area contributed by atoms with Crippen molar-refractivity contribution in [2.75, 3.05) is 6.54 Å². The third kappa shape index (κ3) is 4.20. The summed E-state index contributed by atoms with van der Waals surface area (Å²) in [6.07, 6.45) is 7.63.